The van der Waals surface area contributed by atoms with Gasteiger partial charge in [-0.3, -0.25) is 0 Å². The Bertz CT molecular complexity index is 607. The van der Waals surface area contributed by atoms with Crippen molar-refractivity contribution in [3.8, 4) is 0 Å². The highest BCUT2D eigenvalue weighted by atomic mass is 32.2. The Balaban J connectivity index is 2.44. The molecule has 2 rings (SSSR count). The van der Waals surface area contributed by atoms with Crippen molar-refractivity contribution in [2.75, 3.05) is 12.0 Å². The second kappa shape index (κ2) is 5.65. The third kappa shape index (κ3) is 2.76. The molecule has 102 valence electrons. The van der Waals surface area contributed by atoms with Crippen molar-refractivity contribution in [1.82, 2.24) is 9.55 Å². The van der Waals surface area contributed by atoms with Gasteiger partial charge in [-0.15, -0.1) is 0 Å². The van der Waals surface area contributed by atoms with Gasteiger partial charge in [-0.25, -0.2) is 9.78 Å². The maximum atomic E-state index is 11.0. The van der Waals surface area contributed by atoms with Crippen molar-refractivity contribution < 1.29 is 9.90 Å². The lowest BCUT2D eigenvalue weighted by Gasteiger charge is -2.15. The molecule has 0 aliphatic carbocycles. The molecule has 2 aromatic rings. The van der Waals surface area contributed by atoms with Crippen molar-refractivity contribution >= 4 is 28.8 Å². The summed E-state index contributed by atoms with van der Waals surface area (Å²) in [7, 11) is 0. The summed E-state index contributed by atoms with van der Waals surface area (Å²) in [6.45, 7) is 4.14. The lowest BCUT2D eigenvalue weighted by molar-refractivity contribution is 0.0697. The Morgan fingerprint density at radius 3 is 2.89 bits per heavy atom. The molecule has 0 amide bonds. The molecule has 0 saturated heterocycles. The fourth-order valence-electron chi connectivity index (χ4n) is 2.33. The predicted octanol–water partition coefficient (Wildman–Crippen LogP) is 3.36. The molecule has 4 nitrogen and oxygen atoms in total. The number of nitrogens with zero attached hydrogens (tertiary/aromatic N) is 2. The van der Waals surface area contributed by atoms with Gasteiger partial charge in [0.1, 0.15) is 5.82 Å². The fourth-order valence-corrected chi connectivity index (χ4v) is 2.90. The molecule has 0 saturated carbocycles. The molecular formula is C14H18N2O2S. The van der Waals surface area contributed by atoms with E-state index in [1.54, 1.807) is 12.1 Å². The van der Waals surface area contributed by atoms with Crippen molar-refractivity contribution in [3.63, 3.8) is 0 Å². The SMILES string of the molecule is CSCCC(C)n1c(C)nc2cc(C(=O)O)ccc21. The van der Waals surface area contributed by atoms with Crippen LogP contribution in [0.15, 0.2) is 18.2 Å². The van der Waals surface area contributed by atoms with E-state index < -0.39 is 5.97 Å². The second-order valence-electron chi connectivity index (χ2n) is 4.67. The highest BCUT2D eigenvalue weighted by Crippen LogP contribution is 2.24. The van der Waals surface area contributed by atoms with Gasteiger partial charge < -0.3 is 9.67 Å². The Labute approximate surface area is 116 Å². The van der Waals surface area contributed by atoms with E-state index in [4.69, 9.17) is 5.11 Å². The molecule has 1 N–H and O–H groups in total. The van der Waals surface area contributed by atoms with E-state index in [2.05, 4.69) is 22.7 Å². The zero-order valence-electron chi connectivity index (χ0n) is 11.4. The Kier molecular flexibility index (Phi) is 4.14. The summed E-state index contributed by atoms with van der Waals surface area (Å²) < 4.78 is 2.19. The normalized spacial score (nSPS) is 12.8. The minimum atomic E-state index is -0.912. The molecule has 1 aromatic heterocycles. The third-order valence-electron chi connectivity index (χ3n) is 3.29. The summed E-state index contributed by atoms with van der Waals surface area (Å²) in [5.41, 5.74) is 2.05. The molecule has 5 heteroatoms. The van der Waals surface area contributed by atoms with Crippen LogP contribution in [0.4, 0.5) is 0 Å². The van der Waals surface area contributed by atoms with Crippen molar-refractivity contribution in [2.45, 2.75) is 26.3 Å². The molecule has 0 aliphatic heterocycles. The Morgan fingerprint density at radius 1 is 1.53 bits per heavy atom. The number of hydrogen-bond acceptors (Lipinski definition) is 3. The minimum absolute atomic E-state index is 0.286. The standard InChI is InChI=1S/C14H18N2O2S/c1-9(6-7-19-3)16-10(2)15-12-8-11(14(17)18)4-5-13(12)16/h4-5,8-9H,6-7H2,1-3H3,(H,17,18). The van der Waals surface area contributed by atoms with E-state index in [9.17, 15) is 4.79 Å². The van der Waals surface area contributed by atoms with E-state index in [0.717, 1.165) is 29.0 Å². The smallest absolute Gasteiger partial charge is 0.335 e. The topological polar surface area (TPSA) is 55.1 Å². The number of imidazole rings is 1. The van der Waals surface area contributed by atoms with Crippen LogP contribution in [-0.4, -0.2) is 32.6 Å². The van der Waals surface area contributed by atoms with Gasteiger partial charge in [0, 0.05) is 6.04 Å². The number of thioether (sulfide) groups is 1. The molecule has 1 heterocycles. The van der Waals surface area contributed by atoms with Crippen LogP contribution in [0.5, 0.6) is 0 Å². The van der Waals surface area contributed by atoms with Crippen LogP contribution in [0.1, 0.15) is 35.6 Å². The first-order valence-corrected chi connectivity index (χ1v) is 7.64. The van der Waals surface area contributed by atoms with Crippen LogP contribution in [0.3, 0.4) is 0 Å². The summed E-state index contributed by atoms with van der Waals surface area (Å²) in [6, 6.07) is 5.51. The predicted molar refractivity (Wildman–Crippen MR) is 79.1 cm³/mol. The maximum absolute atomic E-state index is 11.0. The van der Waals surface area contributed by atoms with E-state index in [-0.39, 0.29) is 5.56 Å². The lowest BCUT2D eigenvalue weighted by Crippen LogP contribution is -2.08. The number of aryl methyl sites for hydroxylation is 1. The number of aromatic nitrogens is 2. The number of carbonyl (C=O) groups is 1. The third-order valence-corrected chi connectivity index (χ3v) is 3.94. The van der Waals surface area contributed by atoms with Gasteiger partial charge in [0.25, 0.3) is 0 Å². The van der Waals surface area contributed by atoms with Gasteiger partial charge in [0.05, 0.1) is 16.6 Å². The van der Waals surface area contributed by atoms with Crippen molar-refractivity contribution in [1.29, 1.82) is 0 Å². The largest absolute Gasteiger partial charge is 0.478 e. The van der Waals surface area contributed by atoms with E-state index >= 15 is 0 Å². The molecule has 1 atom stereocenters. The van der Waals surface area contributed by atoms with Crippen LogP contribution in [-0.2, 0) is 0 Å². The van der Waals surface area contributed by atoms with E-state index in [0.29, 0.717) is 6.04 Å². The van der Waals surface area contributed by atoms with Crippen LogP contribution >= 0.6 is 11.8 Å². The highest BCUT2D eigenvalue weighted by Gasteiger charge is 2.14. The van der Waals surface area contributed by atoms with Gasteiger partial charge in [0.2, 0.25) is 0 Å². The average Bonchev–Trinajstić information content (AvgIpc) is 2.70. The number of carboxylic acid groups (broad SMARTS) is 1. The molecule has 1 aromatic carbocycles. The number of hydrogen-bond donors (Lipinski definition) is 1. The van der Waals surface area contributed by atoms with Gasteiger partial charge in [-0.2, -0.15) is 11.8 Å². The van der Waals surface area contributed by atoms with Crippen molar-refractivity contribution in [3.05, 3.63) is 29.6 Å². The molecule has 0 bridgehead atoms. The first kappa shape index (κ1) is 13.9. The minimum Gasteiger partial charge on any atom is -0.478 e. The van der Waals surface area contributed by atoms with Gasteiger partial charge in [-0.1, -0.05) is 0 Å². The molecular weight excluding hydrogens is 260 g/mol. The average molecular weight is 278 g/mol. The Morgan fingerprint density at radius 2 is 2.26 bits per heavy atom. The van der Waals surface area contributed by atoms with Crippen molar-refractivity contribution in [2.24, 2.45) is 0 Å². The lowest BCUT2D eigenvalue weighted by atomic mass is 10.2. The highest BCUT2D eigenvalue weighted by molar-refractivity contribution is 7.98. The molecule has 0 spiro atoms. The summed E-state index contributed by atoms with van der Waals surface area (Å²) in [6.07, 6.45) is 3.18. The van der Waals surface area contributed by atoms with Gasteiger partial charge in [0.15, 0.2) is 0 Å². The number of benzene rings is 1. The molecule has 19 heavy (non-hydrogen) atoms. The molecule has 0 radical (unpaired) electrons. The van der Waals surface area contributed by atoms with Gasteiger partial charge in [-0.05, 0) is 50.5 Å². The number of carboxylic acids is 1. The fraction of sp³-hybridized carbons (Fsp3) is 0.429. The summed E-state index contributed by atoms with van der Waals surface area (Å²) in [5, 5.41) is 9.01. The van der Waals surface area contributed by atoms with E-state index in [1.165, 1.54) is 0 Å². The van der Waals surface area contributed by atoms with Crippen LogP contribution in [0, 0.1) is 6.92 Å². The summed E-state index contributed by atoms with van der Waals surface area (Å²) in [5.74, 6) is 1.13. The number of fused-ring (bicyclic) bond motifs is 1. The first-order valence-electron chi connectivity index (χ1n) is 6.25. The van der Waals surface area contributed by atoms with Gasteiger partial charge >= 0.3 is 5.97 Å². The molecule has 0 fully saturated rings. The molecule has 1 unspecified atom stereocenters. The zero-order chi connectivity index (χ0) is 14.0. The second-order valence-corrected chi connectivity index (χ2v) is 5.65. The number of aromatic carboxylic acids is 1. The quantitative estimate of drug-likeness (QED) is 0.911. The summed E-state index contributed by atoms with van der Waals surface area (Å²) >= 11 is 1.83. The Hall–Kier alpha value is -1.49. The maximum Gasteiger partial charge on any atom is 0.335 e. The monoisotopic (exact) mass is 278 g/mol. The summed E-state index contributed by atoms with van der Waals surface area (Å²) in [4.78, 5) is 15.5. The zero-order valence-corrected chi connectivity index (χ0v) is 12.2. The van der Waals surface area contributed by atoms with Crippen LogP contribution in [0.25, 0.3) is 11.0 Å². The number of rotatable bonds is 5. The molecule has 0 aliphatic rings. The van der Waals surface area contributed by atoms with Crippen LogP contribution < -0.4 is 0 Å². The first-order chi connectivity index (χ1) is 9.04. The van der Waals surface area contributed by atoms with E-state index in [1.807, 2.05) is 24.8 Å². The van der Waals surface area contributed by atoms with Crippen LogP contribution in [0.2, 0.25) is 0 Å².